The lowest BCUT2D eigenvalue weighted by atomic mass is 10.3. The number of H-pyrrole nitrogens is 1. The third kappa shape index (κ3) is 2.43. The summed E-state index contributed by atoms with van der Waals surface area (Å²) in [6.45, 7) is 1.93. The van der Waals surface area contributed by atoms with Crippen LogP contribution in [0.4, 0.5) is 16.4 Å². The Morgan fingerprint density at radius 1 is 1.44 bits per heavy atom. The first-order chi connectivity index (χ1) is 8.61. The quantitative estimate of drug-likeness (QED) is 0.892. The zero-order chi connectivity index (χ0) is 13.1. The zero-order valence-electron chi connectivity index (χ0n) is 9.72. The van der Waals surface area contributed by atoms with Crippen LogP contribution in [-0.4, -0.2) is 21.2 Å². The molecule has 1 aromatic carbocycles. The first kappa shape index (κ1) is 12.4. The Bertz CT molecular complexity index is 551. The molecule has 0 saturated heterocycles. The summed E-state index contributed by atoms with van der Waals surface area (Å²) in [4.78, 5) is 16.9. The lowest BCUT2D eigenvalue weighted by molar-refractivity contribution is 0.256. The number of halogens is 1. The van der Waals surface area contributed by atoms with Gasteiger partial charge >= 0.3 is 6.03 Å². The Hall–Kier alpha value is -2.08. The zero-order valence-corrected chi connectivity index (χ0v) is 10.5. The van der Waals surface area contributed by atoms with Crippen molar-refractivity contribution in [3.63, 3.8) is 0 Å². The highest BCUT2D eigenvalue weighted by Crippen LogP contribution is 2.23. The number of amides is 2. The smallest absolute Gasteiger partial charge is 0.326 e. The number of primary amides is 1. The van der Waals surface area contributed by atoms with Gasteiger partial charge in [0.2, 0.25) is 0 Å². The van der Waals surface area contributed by atoms with E-state index in [-0.39, 0.29) is 5.95 Å². The number of carbonyl (C=O) groups is 1. The highest BCUT2D eigenvalue weighted by Gasteiger charge is 2.19. The fraction of sp³-hybridized carbons (Fsp3) is 0.182. The summed E-state index contributed by atoms with van der Waals surface area (Å²) in [5.74, 6) is 0.909. The van der Waals surface area contributed by atoms with Crippen LogP contribution in [0.15, 0.2) is 24.3 Å². The Morgan fingerprint density at radius 3 is 2.61 bits per heavy atom. The van der Waals surface area contributed by atoms with Gasteiger partial charge in [-0.05, 0) is 24.3 Å². The number of urea groups is 1. The number of aromatic amines is 1. The summed E-state index contributed by atoms with van der Waals surface area (Å²) in [5, 5.41) is 7.28. The SMILES string of the molecule is CCc1nc(N(C(N)=O)c2ccc(Cl)cc2)n[nH]1. The maximum absolute atomic E-state index is 11.5. The summed E-state index contributed by atoms with van der Waals surface area (Å²) < 4.78 is 0. The summed E-state index contributed by atoms with van der Waals surface area (Å²) in [6.07, 6.45) is 0.695. The predicted molar refractivity (Wildman–Crippen MR) is 68.9 cm³/mol. The molecule has 0 atom stereocenters. The molecule has 0 radical (unpaired) electrons. The van der Waals surface area contributed by atoms with Gasteiger partial charge in [-0.1, -0.05) is 18.5 Å². The molecule has 0 aliphatic rings. The van der Waals surface area contributed by atoms with E-state index in [9.17, 15) is 4.79 Å². The third-order valence-electron chi connectivity index (χ3n) is 2.36. The third-order valence-corrected chi connectivity index (χ3v) is 2.61. The molecule has 7 heteroatoms. The van der Waals surface area contributed by atoms with E-state index in [1.165, 1.54) is 4.90 Å². The van der Waals surface area contributed by atoms with Crippen molar-refractivity contribution in [2.45, 2.75) is 13.3 Å². The normalized spacial score (nSPS) is 10.3. The number of benzene rings is 1. The molecule has 0 spiro atoms. The maximum atomic E-state index is 11.5. The molecular weight excluding hydrogens is 254 g/mol. The number of anilines is 2. The van der Waals surface area contributed by atoms with E-state index < -0.39 is 6.03 Å². The number of rotatable bonds is 3. The van der Waals surface area contributed by atoms with Crippen LogP contribution in [-0.2, 0) is 6.42 Å². The fourth-order valence-corrected chi connectivity index (χ4v) is 1.60. The first-order valence-corrected chi connectivity index (χ1v) is 5.76. The van der Waals surface area contributed by atoms with Crippen molar-refractivity contribution in [1.29, 1.82) is 0 Å². The Labute approximate surface area is 109 Å². The van der Waals surface area contributed by atoms with E-state index in [1.807, 2.05) is 6.92 Å². The Balaban J connectivity index is 2.39. The summed E-state index contributed by atoms with van der Waals surface area (Å²) in [5.41, 5.74) is 5.91. The van der Waals surface area contributed by atoms with E-state index in [1.54, 1.807) is 24.3 Å². The molecule has 1 aromatic heterocycles. The average Bonchev–Trinajstić information content (AvgIpc) is 2.80. The van der Waals surface area contributed by atoms with Crippen molar-refractivity contribution >= 4 is 29.3 Å². The second-order valence-electron chi connectivity index (χ2n) is 3.59. The van der Waals surface area contributed by atoms with Crippen LogP contribution in [0.1, 0.15) is 12.7 Å². The van der Waals surface area contributed by atoms with Crippen molar-refractivity contribution in [1.82, 2.24) is 15.2 Å². The van der Waals surface area contributed by atoms with Gasteiger partial charge in [0.05, 0.1) is 5.69 Å². The second kappa shape index (κ2) is 5.05. The predicted octanol–water partition coefficient (Wildman–Crippen LogP) is 2.24. The van der Waals surface area contributed by atoms with Gasteiger partial charge in [0.15, 0.2) is 0 Å². The average molecular weight is 266 g/mol. The number of nitrogens with zero attached hydrogens (tertiary/aromatic N) is 3. The van der Waals surface area contributed by atoms with Crippen LogP contribution < -0.4 is 10.6 Å². The van der Waals surface area contributed by atoms with Gasteiger partial charge in [-0.3, -0.25) is 5.10 Å². The Kier molecular flexibility index (Phi) is 3.47. The van der Waals surface area contributed by atoms with Gasteiger partial charge in [-0.2, -0.15) is 4.98 Å². The van der Waals surface area contributed by atoms with Crippen molar-refractivity contribution in [3.05, 3.63) is 35.1 Å². The maximum Gasteiger partial charge on any atom is 0.326 e. The molecule has 0 aliphatic heterocycles. The molecule has 0 unspecified atom stereocenters. The minimum Gasteiger partial charge on any atom is -0.351 e. The minimum atomic E-state index is -0.654. The number of nitrogens with two attached hydrogens (primary N) is 1. The van der Waals surface area contributed by atoms with E-state index in [4.69, 9.17) is 17.3 Å². The van der Waals surface area contributed by atoms with Crippen LogP contribution in [0.2, 0.25) is 5.02 Å². The van der Waals surface area contributed by atoms with Crippen molar-refractivity contribution in [2.24, 2.45) is 5.73 Å². The molecule has 0 saturated carbocycles. The molecule has 0 bridgehead atoms. The minimum absolute atomic E-state index is 0.224. The number of carbonyl (C=O) groups excluding carboxylic acids is 1. The highest BCUT2D eigenvalue weighted by molar-refractivity contribution is 6.30. The van der Waals surface area contributed by atoms with E-state index in [0.29, 0.717) is 23.0 Å². The Morgan fingerprint density at radius 2 is 2.11 bits per heavy atom. The first-order valence-electron chi connectivity index (χ1n) is 5.38. The number of aromatic nitrogens is 3. The van der Waals surface area contributed by atoms with Crippen molar-refractivity contribution < 1.29 is 4.79 Å². The fourth-order valence-electron chi connectivity index (χ4n) is 1.47. The number of hydrogen-bond acceptors (Lipinski definition) is 3. The highest BCUT2D eigenvalue weighted by atomic mass is 35.5. The van der Waals surface area contributed by atoms with Gasteiger partial charge in [-0.25, -0.2) is 9.69 Å². The van der Waals surface area contributed by atoms with Gasteiger partial charge in [0.25, 0.3) is 5.95 Å². The summed E-state index contributed by atoms with van der Waals surface area (Å²) in [7, 11) is 0. The molecule has 18 heavy (non-hydrogen) atoms. The van der Waals surface area contributed by atoms with E-state index in [0.717, 1.165) is 0 Å². The molecule has 2 rings (SSSR count). The number of hydrogen-bond donors (Lipinski definition) is 2. The molecular formula is C11H12ClN5O. The van der Waals surface area contributed by atoms with Gasteiger partial charge in [-0.15, -0.1) is 5.10 Å². The molecule has 1 heterocycles. The monoisotopic (exact) mass is 265 g/mol. The van der Waals surface area contributed by atoms with Crippen LogP contribution in [0.3, 0.4) is 0 Å². The number of nitrogens with one attached hydrogen (secondary N) is 1. The van der Waals surface area contributed by atoms with Gasteiger partial charge in [0, 0.05) is 11.4 Å². The molecule has 94 valence electrons. The molecule has 0 aliphatic carbocycles. The molecule has 3 N–H and O–H groups in total. The van der Waals surface area contributed by atoms with Gasteiger partial charge < -0.3 is 5.73 Å². The topological polar surface area (TPSA) is 87.9 Å². The van der Waals surface area contributed by atoms with Gasteiger partial charge in [0.1, 0.15) is 5.82 Å². The van der Waals surface area contributed by atoms with Crippen LogP contribution in [0.5, 0.6) is 0 Å². The molecule has 0 fully saturated rings. The molecule has 2 amide bonds. The van der Waals surface area contributed by atoms with Crippen molar-refractivity contribution in [2.75, 3.05) is 4.90 Å². The number of aryl methyl sites for hydroxylation is 1. The molecule has 6 nitrogen and oxygen atoms in total. The van der Waals surface area contributed by atoms with Crippen molar-refractivity contribution in [3.8, 4) is 0 Å². The second-order valence-corrected chi connectivity index (χ2v) is 4.02. The lowest BCUT2D eigenvalue weighted by Gasteiger charge is -2.16. The summed E-state index contributed by atoms with van der Waals surface area (Å²) in [6, 6.07) is 6.03. The van der Waals surface area contributed by atoms with Crippen LogP contribution >= 0.6 is 11.6 Å². The largest absolute Gasteiger partial charge is 0.351 e. The van der Waals surface area contributed by atoms with Crippen LogP contribution in [0, 0.1) is 0 Å². The summed E-state index contributed by atoms with van der Waals surface area (Å²) >= 11 is 5.80. The lowest BCUT2D eigenvalue weighted by Crippen LogP contribution is -2.32. The van der Waals surface area contributed by atoms with Crippen LogP contribution in [0.25, 0.3) is 0 Å². The van der Waals surface area contributed by atoms with E-state index in [2.05, 4.69) is 15.2 Å². The standard InChI is InChI=1S/C11H12ClN5O/c1-2-9-14-11(16-15-9)17(10(13)18)8-5-3-7(12)4-6-8/h3-6H,2H2,1H3,(H2,13,18)(H,14,15,16). The van der Waals surface area contributed by atoms with E-state index >= 15 is 0 Å². The molecule has 2 aromatic rings.